The summed E-state index contributed by atoms with van der Waals surface area (Å²) >= 11 is 0. The Labute approximate surface area is 148 Å². The van der Waals surface area contributed by atoms with Crippen LogP contribution in [0.3, 0.4) is 0 Å². The Morgan fingerprint density at radius 1 is 1.15 bits per heavy atom. The molecule has 0 aliphatic carbocycles. The van der Waals surface area contributed by atoms with Crippen molar-refractivity contribution in [1.29, 1.82) is 0 Å². The lowest BCUT2D eigenvalue weighted by atomic mass is 10.1. The summed E-state index contributed by atoms with van der Waals surface area (Å²) in [5.41, 5.74) is -0.0622. The Bertz CT molecular complexity index is 764. The molecule has 1 heterocycles. The van der Waals surface area contributed by atoms with E-state index in [-0.39, 0.29) is 31.1 Å². The predicted octanol–water partition coefficient (Wildman–Crippen LogP) is 3.16. The van der Waals surface area contributed by atoms with E-state index in [1.807, 2.05) is 0 Å². The maximum atomic E-state index is 12.8. The number of rotatable bonds is 6. The molecule has 1 aromatic heterocycles. The molecule has 0 fully saturated rings. The highest BCUT2D eigenvalue weighted by atomic mass is 19.4. The molecule has 138 valence electrons. The number of pyridine rings is 1. The number of aromatic nitrogens is 1. The number of alkyl halides is 3. The fraction of sp³-hybridized carbons (Fsp3) is 0.278. The van der Waals surface area contributed by atoms with Crippen LogP contribution in [-0.2, 0) is 22.3 Å². The predicted molar refractivity (Wildman–Crippen MR) is 90.2 cm³/mol. The number of hydrogen-bond acceptors (Lipinski definition) is 3. The molecule has 0 radical (unpaired) electrons. The van der Waals surface area contributed by atoms with Gasteiger partial charge in [0.05, 0.1) is 17.8 Å². The monoisotopic (exact) mass is 365 g/mol. The Hall–Kier alpha value is -2.90. The van der Waals surface area contributed by atoms with Crippen LogP contribution >= 0.6 is 0 Å². The fourth-order valence-corrected chi connectivity index (χ4v) is 2.31. The molecule has 0 spiro atoms. The second-order valence-corrected chi connectivity index (χ2v) is 5.57. The molecule has 0 aliphatic heterocycles. The molecule has 0 unspecified atom stereocenters. The minimum atomic E-state index is -4.50. The van der Waals surface area contributed by atoms with Crippen LogP contribution < -0.4 is 10.2 Å². The summed E-state index contributed by atoms with van der Waals surface area (Å²) < 4.78 is 38.5. The van der Waals surface area contributed by atoms with Gasteiger partial charge in [-0.2, -0.15) is 13.2 Å². The third-order valence-electron chi connectivity index (χ3n) is 3.62. The maximum absolute atomic E-state index is 12.8. The lowest BCUT2D eigenvalue weighted by Crippen LogP contribution is -2.34. The molecule has 1 N–H and O–H groups in total. The number of benzene rings is 1. The van der Waals surface area contributed by atoms with Gasteiger partial charge < -0.3 is 10.2 Å². The van der Waals surface area contributed by atoms with Gasteiger partial charge in [-0.15, -0.1) is 0 Å². The summed E-state index contributed by atoms with van der Waals surface area (Å²) in [5.74, 6) is -0.768. The molecular weight excluding hydrogens is 347 g/mol. The van der Waals surface area contributed by atoms with Gasteiger partial charge >= 0.3 is 6.18 Å². The van der Waals surface area contributed by atoms with Crippen molar-refractivity contribution in [3.8, 4) is 0 Å². The first-order valence-electron chi connectivity index (χ1n) is 7.89. The van der Waals surface area contributed by atoms with Gasteiger partial charge in [-0.3, -0.25) is 14.6 Å². The molecule has 0 aliphatic rings. The Morgan fingerprint density at radius 2 is 1.92 bits per heavy atom. The van der Waals surface area contributed by atoms with E-state index in [2.05, 4.69) is 10.3 Å². The average Bonchev–Trinajstić information content (AvgIpc) is 2.60. The van der Waals surface area contributed by atoms with E-state index in [4.69, 9.17) is 0 Å². The number of anilines is 1. The third kappa shape index (κ3) is 5.58. The van der Waals surface area contributed by atoms with E-state index in [0.717, 1.165) is 17.0 Å². The lowest BCUT2D eigenvalue weighted by molar-refractivity contribution is -0.137. The molecule has 26 heavy (non-hydrogen) atoms. The summed E-state index contributed by atoms with van der Waals surface area (Å²) in [5, 5.41) is 2.66. The van der Waals surface area contributed by atoms with Crippen LogP contribution in [0.15, 0.2) is 48.7 Å². The van der Waals surface area contributed by atoms with Gasteiger partial charge in [0.15, 0.2) is 0 Å². The van der Waals surface area contributed by atoms with E-state index < -0.39 is 17.6 Å². The van der Waals surface area contributed by atoms with Crippen LogP contribution in [0.4, 0.5) is 18.9 Å². The van der Waals surface area contributed by atoms with Gasteiger partial charge in [0.25, 0.3) is 0 Å². The van der Waals surface area contributed by atoms with Crippen LogP contribution in [0.25, 0.3) is 0 Å². The normalized spacial score (nSPS) is 11.1. The van der Waals surface area contributed by atoms with Crippen LogP contribution in [0.1, 0.15) is 24.6 Å². The third-order valence-corrected chi connectivity index (χ3v) is 3.62. The van der Waals surface area contributed by atoms with E-state index in [1.165, 1.54) is 19.1 Å². The van der Waals surface area contributed by atoms with Gasteiger partial charge in [-0.1, -0.05) is 12.1 Å². The summed E-state index contributed by atoms with van der Waals surface area (Å²) in [6.45, 7) is 1.46. The first-order chi connectivity index (χ1) is 12.3. The number of carbonyl (C=O) groups excluding carboxylic acids is 2. The lowest BCUT2D eigenvalue weighted by Gasteiger charge is -2.22. The molecule has 0 saturated heterocycles. The Morgan fingerprint density at radius 3 is 2.54 bits per heavy atom. The molecule has 2 aromatic rings. The van der Waals surface area contributed by atoms with E-state index in [9.17, 15) is 22.8 Å². The fourth-order valence-electron chi connectivity index (χ4n) is 2.31. The van der Waals surface area contributed by atoms with Crippen LogP contribution in [0.5, 0.6) is 0 Å². The number of amides is 2. The highest BCUT2D eigenvalue weighted by Gasteiger charge is 2.31. The summed E-state index contributed by atoms with van der Waals surface area (Å²) in [4.78, 5) is 29.0. The smallest absolute Gasteiger partial charge is 0.350 e. The molecule has 5 nitrogen and oxygen atoms in total. The van der Waals surface area contributed by atoms with Crippen LogP contribution in [0.2, 0.25) is 0 Å². The zero-order valence-electron chi connectivity index (χ0n) is 14.1. The number of halogens is 3. The van der Waals surface area contributed by atoms with E-state index in [1.54, 1.807) is 24.4 Å². The number of hydrogen-bond donors (Lipinski definition) is 1. The maximum Gasteiger partial charge on any atom is 0.416 e. The van der Waals surface area contributed by atoms with Crippen molar-refractivity contribution in [3.63, 3.8) is 0 Å². The van der Waals surface area contributed by atoms with Crippen molar-refractivity contribution in [2.75, 3.05) is 11.4 Å². The molecule has 2 rings (SSSR count). The number of nitrogens with one attached hydrogen (secondary N) is 1. The quantitative estimate of drug-likeness (QED) is 0.855. The van der Waals surface area contributed by atoms with Crippen molar-refractivity contribution < 1.29 is 22.8 Å². The van der Waals surface area contributed by atoms with Crippen molar-refractivity contribution in [2.24, 2.45) is 0 Å². The van der Waals surface area contributed by atoms with Gasteiger partial charge in [0.2, 0.25) is 11.8 Å². The average molecular weight is 365 g/mol. The Balaban J connectivity index is 1.98. The number of nitrogens with zero attached hydrogens (tertiary/aromatic N) is 2. The molecule has 0 bridgehead atoms. The largest absolute Gasteiger partial charge is 0.416 e. The van der Waals surface area contributed by atoms with Crippen LogP contribution in [0, 0.1) is 0 Å². The highest BCUT2D eigenvalue weighted by Crippen LogP contribution is 2.31. The minimum Gasteiger partial charge on any atom is -0.350 e. The molecule has 8 heteroatoms. The first-order valence-corrected chi connectivity index (χ1v) is 7.89. The summed E-state index contributed by atoms with van der Waals surface area (Å²) in [7, 11) is 0. The zero-order valence-corrected chi connectivity index (χ0v) is 14.1. The van der Waals surface area contributed by atoms with Crippen LogP contribution in [-0.4, -0.2) is 23.3 Å². The van der Waals surface area contributed by atoms with Crippen molar-refractivity contribution in [1.82, 2.24) is 10.3 Å². The Kier molecular flexibility index (Phi) is 6.32. The SMILES string of the molecule is CC(=O)N(CCC(=O)NCc1ccccn1)c1cccc(C(F)(F)F)c1. The van der Waals surface area contributed by atoms with Gasteiger partial charge in [-0.05, 0) is 30.3 Å². The second-order valence-electron chi connectivity index (χ2n) is 5.57. The van der Waals surface area contributed by atoms with Gasteiger partial charge in [-0.25, -0.2) is 0 Å². The highest BCUT2D eigenvalue weighted by molar-refractivity contribution is 5.92. The summed E-state index contributed by atoms with van der Waals surface area (Å²) in [6.07, 6.45) is -2.94. The number of carbonyl (C=O) groups is 2. The van der Waals surface area contributed by atoms with Crippen molar-refractivity contribution >= 4 is 17.5 Å². The summed E-state index contributed by atoms with van der Waals surface area (Å²) in [6, 6.07) is 9.77. The molecule has 0 atom stereocenters. The molecule has 2 amide bonds. The topological polar surface area (TPSA) is 62.3 Å². The van der Waals surface area contributed by atoms with Crippen molar-refractivity contribution in [2.45, 2.75) is 26.1 Å². The standard InChI is InChI=1S/C18H18F3N3O2/c1-13(25)24(16-7-4-5-14(11-16)18(19,20)21)10-8-17(26)23-12-15-6-2-3-9-22-15/h2-7,9,11H,8,10,12H2,1H3,(H,23,26). The molecule has 0 saturated carbocycles. The second kappa shape index (κ2) is 8.46. The van der Waals surface area contributed by atoms with E-state index in [0.29, 0.717) is 5.69 Å². The van der Waals surface area contributed by atoms with Crippen molar-refractivity contribution in [3.05, 3.63) is 59.9 Å². The van der Waals surface area contributed by atoms with Gasteiger partial charge in [0.1, 0.15) is 0 Å². The zero-order chi connectivity index (χ0) is 19.2. The molecular formula is C18H18F3N3O2. The first kappa shape index (κ1) is 19.4. The van der Waals surface area contributed by atoms with E-state index >= 15 is 0 Å². The molecule has 1 aromatic carbocycles. The minimum absolute atomic E-state index is 0.0231. The van der Waals surface area contributed by atoms with Gasteiger partial charge in [0, 0.05) is 31.8 Å².